The van der Waals surface area contributed by atoms with Crippen LogP contribution in [-0.2, 0) is 16.9 Å². The maximum Gasteiger partial charge on any atom is 0.160 e. The average molecular weight is 291 g/mol. The van der Waals surface area contributed by atoms with Crippen molar-refractivity contribution < 1.29 is 4.74 Å². The smallest absolute Gasteiger partial charge is 0.160 e. The highest BCUT2D eigenvalue weighted by atomic mass is 16.5. The Kier molecular flexibility index (Phi) is 5.33. The van der Waals surface area contributed by atoms with Crippen LogP contribution in [0, 0.1) is 0 Å². The van der Waals surface area contributed by atoms with Crippen molar-refractivity contribution in [1.82, 2.24) is 15.3 Å². The molecule has 1 heterocycles. The summed E-state index contributed by atoms with van der Waals surface area (Å²) < 4.78 is 6.07. The number of nitrogens with zero attached hydrogens (tertiary/aromatic N) is 2. The first-order valence-corrected chi connectivity index (χ1v) is 8.16. The van der Waals surface area contributed by atoms with Gasteiger partial charge >= 0.3 is 0 Å². The molecule has 2 rings (SSSR count). The Morgan fingerprint density at radius 2 is 1.76 bits per heavy atom. The molecule has 0 bridgehead atoms. The first kappa shape index (κ1) is 16.4. The number of hydrogen-bond acceptors (Lipinski definition) is 4. The molecule has 0 spiro atoms. The lowest BCUT2D eigenvalue weighted by atomic mass is 9.84. The Hall–Kier alpha value is -1.00. The molecule has 0 saturated heterocycles. The zero-order valence-electron chi connectivity index (χ0n) is 13.9. The fraction of sp³-hybridized carbons (Fsp3) is 0.765. The van der Waals surface area contributed by atoms with E-state index in [1.165, 1.54) is 19.3 Å². The van der Waals surface area contributed by atoms with Gasteiger partial charge in [-0.2, -0.15) is 0 Å². The van der Waals surface area contributed by atoms with Crippen molar-refractivity contribution in [2.45, 2.75) is 77.5 Å². The minimum absolute atomic E-state index is 0.106. The molecule has 1 aromatic rings. The van der Waals surface area contributed by atoms with Gasteiger partial charge in [0, 0.05) is 36.6 Å². The van der Waals surface area contributed by atoms with Crippen LogP contribution in [0.25, 0.3) is 0 Å². The van der Waals surface area contributed by atoms with E-state index in [0.717, 1.165) is 37.4 Å². The summed E-state index contributed by atoms with van der Waals surface area (Å²) in [6, 6.07) is 0. The van der Waals surface area contributed by atoms with Crippen molar-refractivity contribution in [1.29, 1.82) is 0 Å². The molecule has 4 heteroatoms. The fourth-order valence-corrected chi connectivity index (χ4v) is 2.88. The first-order valence-electron chi connectivity index (χ1n) is 8.16. The van der Waals surface area contributed by atoms with Gasteiger partial charge in [0.15, 0.2) is 5.82 Å². The van der Waals surface area contributed by atoms with E-state index in [9.17, 15) is 0 Å². The Morgan fingerprint density at radius 3 is 2.29 bits per heavy atom. The second-order valence-electron chi connectivity index (χ2n) is 7.01. The van der Waals surface area contributed by atoms with Crippen molar-refractivity contribution in [2.24, 2.45) is 0 Å². The van der Waals surface area contributed by atoms with E-state index in [4.69, 9.17) is 4.74 Å². The van der Waals surface area contributed by atoms with Gasteiger partial charge in [-0.15, -0.1) is 0 Å². The van der Waals surface area contributed by atoms with Crippen LogP contribution >= 0.6 is 0 Å². The van der Waals surface area contributed by atoms with Gasteiger partial charge in [0.25, 0.3) is 0 Å². The molecule has 1 aliphatic rings. The molecule has 118 valence electrons. The van der Waals surface area contributed by atoms with Crippen molar-refractivity contribution in [2.75, 3.05) is 6.61 Å². The highest BCUT2D eigenvalue weighted by Crippen LogP contribution is 2.38. The molecule has 1 N–H and O–H groups in total. The molecule has 1 aliphatic carbocycles. The third-order valence-corrected chi connectivity index (χ3v) is 4.02. The summed E-state index contributed by atoms with van der Waals surface area (Å²) >= 11 is 0. The number of hydrogen-bond donors (Lipinski definition) is 1. The van der Waals surface area contributed by atoms with E-state index >= 15 is 0 Å². The maximum absolute atomic E-state index is 6.07. The summed E-state index contributed by atoms with van der Waals surface area (Å²) in [5.41, 5.74) is 0.980. The fourth-order valence-electron chi connectivity index (χ4n) is 2.88. The Bertz CT molecular complexity index is 425. The molecule has 21 heavy (non-hydrogen) atoms. The van der Waals surface area contributed by atoms with Crippen LogP contribution in [-0.4, -0.2) is 22.1 Å². The van der Waals surface area contributed by atoms with Gasteiger partial charge in [-0.1, -0.05) is 19.3 Å². The lowest BCUT2D eigenvalue weighted by Crippen LogP contribution is -2.36. The molecule has 0 aromatic carbocycles. The van der Waals surface area contributed by atoms with Crippen LogP contribution in [0.4, 0.5) is 0 Å². The van der Waals surface area contributed by atoms with Crippen molar-refractivity contribution in [3.8, 4) is 0 Å². The maximum atomic E-state index is 6.07. The van der Waals surface area contributed by atoms with Crippen LogP contribution in [0.3, 0.4) is 0 Å². The van der Waals surface area contributed by atoms with Gasteiger partial charge in [0.05, 0.1) is 0 Å². The van der Waals surface area contributed by atoms with E-state index in [1.807, 2.05) is 12.4 Å². The van der Waals surface area contributed by atoms with Gasteiger partial charge in [-0.3, -0.25) is 0 Å². The summed E-state index contributed by atoms with van der Waals surface area (Å²) in [4.78, 5) is 9.24. The molecule has 0 radical (unpaired) electrons. The van der Waals surface area contributed by atoms with Crippen LogP contribution in [0.1, 0.15) is 71.2 Å². The topological polar surface area (TPSA) is 47.0 Å². The van der Waals surface area contributed by atoms with E-state index in [1.54, 1.807) is 0 Å². The van der Waals surface area contributed by atoms with Crippen molar-refractivity contribution >= 4 is 0 Å². The number of rotatable bonds is 5. The largest absolute Gasteiger partial charge is 0.367 e. The van der Waals surface area contributed by atoms with Crippen molar-refractivity contribution in [3.05, 3.63) is 23.8 Å². The Morgan fingerprint density at radius 1 is 1.14 bits per heavy atom. The quantitative estimate of drug-likeness (QED) is 0.901. The van der Waals surface area contributed by atoms with Gasteiger partial charge < -0.3 is 10.1 Å². The summed E-state index contributed by atoms with van der Waals surface area (Å²) in [5.74, 6) is 0.864. The van der Waals surface area contributed by atoms with Crippen molar-refractivity contribution in [3.63, 3.8) is 0 Å². The van der Waals surface area contributed by atoms with Gasteiger partial charge in [0.1, 0.15) is 5.60 Å². The summed E-state index contributed by atoms with van der Waals surface area (Å²) in [6.07, 6.45) is 9.67. The normalized spacial score (nSPS) is 18.7. The van der Waals surface area contributed by atoms with Crippen LogP contribution in [0.5, 0.6) is 0 Å². The van der Waals surface area contributed by atoms with Gasteiger partial charge in [-0.05, 0) is 40.5 Å². The molecule has 1 saturated carbocycles. The second-order valence-corrected chi connectivity index (χ2v) is 7.01. The first-order chi connectivity index (χ1) is 9.95. The third-order valence-electron chi connectivity index (χ3n) is 4.02. The minimum atomic E-state index is -0.247. The van der Waals surface area contributed by atoms with E-state index in [2.05, 4.69) is 43.0 Å². The predicted molar refractivity (Wildman–Crippen MR) is 85.0 cm³/mol. The molecule has 0 amide bonds. The molecule has 4 nitrogen and oxygen atoms in total. The zero-order valence-corrected chi connectivity index (χ0v) is 13.9. The lowest BCUT2D eigenvalue weighted by Gasteiger charge is -2.35. The minimum Gasteiger partial charge on any atom is -0.367 e. The Labute approximate surface area is 128 Å². The van der Waals surface area contributed by atoms with E-state index < -0.39 is 0 Å². The number of ether oxygens (including phenoxy) is 1. The molecule has 1 aromatic heterocycles. The van der Waals surface area contributed by atoms with E-state index in [-0.39, 0.29) is 11.1 Å². The number of aromatic nitrogens is 2. The van der Waals surface area contributed by atoms with Crippen LogP contribution < -0.4 is 5.32 Å². The van der Waals surface area contributed by atoms with E-state index in [0.29, 0.717) is 0 Å². The zero-order chi connectivity index (χ0) is 15.3. The summed E-state index contributed by atoms with van der Waals surface area (Å²) in [7, 11) is 0. The monoisotopic (exact) mass is 291 g/mol. The SMILES string of the molecule is CCOC1(c2ncc(CNC(C)(C)C)cn2)CCCCC1. The predicted octanol–water partition coefficient (Wildman–Crippen LogP) is 3.56. The molecule has 0 atom stereocenters. The Balaban J connectivity index is 2.08. The van der Waals surface area contributed by atoms with Gasteiger partial charge in [-0.25, -0.2) is 9.97 Å². The number of nitrogens with one attached hydrogen (secondary N) is 1. The summed E-state index contributed by atoms with van der Waals surface area (Å²) in [5, 5.41) is 3.46. The average Bonchev–Trinajstić information content (AvgIpc) is 2.46. The van der Waals surface area contributed by atoms with Gasteiger partial charge in [0.2, 0.25) is 0 Å². The van der Waals surface area contributed by atoms with Crippen LogP contribution in [0.15, 0.2) is 12.4 Å². The third kappa shape index (κ3) is 4.48. The molecule has 1 fully saturated rings. The summed E-state index contributed by atoms with van der Waals surface area (Å²) in [6.45, 7) is 10.1. The second kappa shape index (κ2) is 6.84. The molecular weight excluding hydrogens is 262 g/mol. The van der Waals surface area contributed by atoms with Crippen LogP contribution in [0.2, 0.25) is 0 Å². The highest BCUT2D eigenvalue weighted by Gasteiger charge is 2.37. The highest BCUT2D eigenvalue weighted by molar-refractivity contribution is 5.11. The standard InChI is InChI=1S/C17H29N3O/c1-5-21-17(9-7-6-8-10-17)15-18-11-14(12-19-15)13-20-16(2,3)4/h11-12,20H,5-10,13H2,1-4H3. The molecule has 0 unspecified atom stereocenters. The lowest BCUT2D eigenvalue weighted by molar-refractivity contribution is -0.0767. The molecule has 0 aliphatic heterocycles. The molecular formula is C17H29N3O.